The van der Waals surface area contributed by atoms with E-state index in [-0.39, 0.29) is 11.9 Å². The number of rotatable bonds is 2. The quantitative estimate of drug-likeness (QED) is 0.861. The van der Waals surface area contributed by atoms with Crippen molar-refractivity contribution < 1.29 is 4.79 Å². The summed E-state index contributed by atoms with van der Waals surface area (Å²) in [6.45, 7) is 3.29. The van der Waals surface area contributed by atoms with Gasteiger partial charge in [0.1, 0.15) is 9.98 Å². The molecular formula is C14H15ClN4OS. The van der Waals surface area contributed by atoms with Gasteiger partial charge >= 0.3 is 0 Å². The summed E-state index contributed by atoms with van der Waals surface area (Å²) in [7, 11) is 0. The lowest BCUT2D eigenvalue weighted by Gasteiger charge is -2.44. The summed E-state index contributed by atoms with van der Waals surface area (Å²) in [4.78, 5) is 19.8. The van der Waals surface area contributed by atoms with Crippen molar-refractivity contribution in [2.45, 2.75) is 18.9 Å². The van der Waals surface area contributed by atoms with Crippen LogP contribution in [0.3, 0.4) is 0 Å². The molecular weight excluding hydrogens is 308 g/mol. The lowest BCUT2D eigenvalue weighted by atomic mass is 9.84. The monoisotopic (exact) mass is 322 g/mol. The van der Waals surface area contributed by atoms with Crippen molar-refractivity contribution in [2.75, 3.05) is 19.6 Å². The third-order valence-electron chi connectivity index (χ3n) is 4.49. The molecule has 3 aliphatic rings. The fourth-order valence-electron chi connectivity index (χ4n) is 3.33. The van der Waals surface area contributed by atoms with Gasteiger partial charge in [0.25, 0.3) is 5.91 Å². The zero-order valence-electron chi connectivity index (χ0n) is 11.4. The summed E-state index contributed by atoms with van der Waals surface area (Å²) >= 11 is 7.08. The average Bonchev–Trinajstić information content (AvgIpc) is 2.91. The third kappa shape index (κ3) is 2.41. The predicted molar refractivity (Wildman–Crippen MR) is 82.8 cm³/mol. The van der Waals surface area contributed by atoms with Gasteiger partial charge in [-0.1, -0.05) is 11.6 Å². The maximum absolute atomic E-state index is 12.5. The van der Waals surface area contributed by atoms with Gasteiger partial charge in [0.2, 0.25) is 0 Å². The Labute approximate surface area is 131 Å². The number of pyridine rings is 1. The molecule has 3 saturated heterocycles. The second-order valence-electron chi connectivity index (χ2n) is 5.74. The van der Waals surface area contributed by atoms with Gasteiger partial charge in [-0.3, -0.25) is 4.79 Å². The van der Waals surface area contributed by atoms with E-state index in [9.17, 15) is 4.79 Å². The van der Waals surface area contributed by atoms with Crippen molar-refractivity contribution in [2.24, 2.45) is 5.92 Å². The summed E-state index contributed by atoms with van der Waals surface area (Å²) < 4.78 is 4.26. The van der Waals surface area contributed by atoms with Crippen LogP contribution >= 0.6 is 23.1 Å². The number of piperidine rings is 3. The van der Waals surface area contributed by atoms with Gasteiger partial charge in [0, 0.05) is 18.0 Å². The normalized spacial score (nSPS) is 28.0. The zero-order chi connectivity index (χ0) is 14.4. The number of carbonyl (C=O) groups excluding carboxylic acids is 1. The van der Waals surface area contributed by atoms with E-state index >= 15 is 0 Å². The molecule has 5 heterocycles. The van der Waals surface area contributed by atoms with Crippen LogP contribution in [0.15, 0.2) is 12.1 Å². The topological polar surface area (TPSA) is 58.1 Å². The Kier molecular flexibility index (Phi) is 3.32. The molecule has 2 aromatic heterocycles. The number of carbonyl (C=O) groups is 1. The summed E-state index contributed by atoms with van der Waals surface area (Å²) in [5, 5.41) is 4.37. The molecule has 0 spiro atoms. The molecule has 5 nitrogen and oxygen atoms in total. The minimum Gasteiger partial charge on any atom is -0.346 e. The Balaban J connectivity index is 1.56. The van der Waals surface area contributed by atoms with Crippen molar-refractivity contribution in [3.05, 3.63) is 23.0 Å². The third-order valence-corrected chi connectivity index (χ3v) is 5.46. The van der Waals surface area contributed by atoms with E-state index in [4.69, 9.17) is 11.6 Å². The Morgan fingerprint density at radius 2 is 2.19 bits per heavy atom. The SMILES string of the molecule is O=C(NC1CN2CCC1CC2)c1nsc2nc(Cl)ccc12. The number of hydrogen-bond donors (Lipinski definition) is 1. The molecule has 0 radical (unpaired) electrons. The summed E-state index contributed by atoms with van der Waals surface area (Å²) in [5.74, 6) is 0.514. The highest BCUT2D eigenvalue weighted by molar-refractivity contribution is 7.13. The van der Waals surface area contributed by atoms with Crippen LogP contribution in [0.4, 0.5) is 0 Å². The van der Waals surface area contributed by atoms with Crippen LogP contribution in [0.5, 0.6) is 0 Å². The zero-order valence-corrected chi connectivity index (χ0v) is 13.0. The van der Waals surface area contributed by atoms with E-state index in [1.54, 1.807) is 6.07 Å². The molecule has 7 heteroatoms. The molecule has 1 atom stereocenters. The first kappa shape index (κ1) is 13.4. The smallest absolute Gasteiger partial charge is 0.271 e. The van der Waals surface area contributed by atoms with Crippen LogP contribution in [-0.4, -0.2) is 45.8 Å². The standard InChI is InChI=1S/C14H15ClN4OS/c15-11-2-1-9-12(18-21-14(9)17-11)13(20)16-10-7-19-5-3-8(10)4-6-19/h1-2,8,10H,3-7H2,(H,16,20). The van der Waals surface area contributed by atoms with E-state index in [1.807, 2.05) is 6.07 Å². The molecule has 0 aliphatic carbocycles. The highest BCUT2D eigenvalue weighted by Gasteiger charge is 2.35. The molecule has 2 aromatic rings. The molecule has 1 amide bonds. The Bertz CT molecular complexity index is 695. The highest BCUT2D eigenvalue weighted by Crippen LogP contribution is 2.28. The molecule has 1 N–H and O–H groups in total. The second-order valence-corrected chi connectivity index (χ2v) is 6.87. The fourth-order valence-corrected chi connectivity index (χ4v) is 4.29. The van der Waals surface area contributed by atoms with Gasteiger partial charge in [-0.25, -0.2) is 4.98 Å². The van der Waals surface area contributed by atoms with E-state index in [0.29, 0.717) is 21.6 Å². The van der Waals surface area contributed by atoms with Crippen LogP contribution < -0.4 is 5.32 Å². The molecule has 110 valence electrons. The number of aromatic nitrogens is 2. The summed E-state index contributed by atoms with van der Waals surface area (Å²) in [6.07, 6.45) is 2.36. The molecule has 5 rings (SSSR count). The van der Waals surface area contributed by atoms with Crippen LogP contribution in [-0.2, 0) is 0 Å². The van der Waals surface area contributed by atoms with Crippen LogP contribution in [0.2, 0.25) is 5.15 Å². The van der Waals surface area contributed by atoms with Crippen molar-refractivity contribution in [3.63, 3.8) is 0 Å². The van der Waals surface area contributed by atoms with E-state index in [1.165, 1.54) is 37.5 Å². The first-order chi connectivity index (χ1) is 10.2. The van der Waals surface area contributed by atoms with Crippen LogP contribution in [0.1, 0.15) is 23.3 Å². The fraction of sp³-hybridized carbons (Fsp3) is 0.500. The number of fused-ring (bicyclic) bond motifs is 4. The van der Waals surface area contributed by atoms with Gasteiger partial charge in [-0.05, 0) is 55.5 Å². The summed E-state index contributed by atoms with van der Waals surface area (Å²) in [6, 6.07) is 3.76. The van der Waals surface area contributed by atoms with Gasteiger partial charge in [-0.15, -0.1) is 0 Å². The van der Waals surface area contributed by atoms with Crippen molar-refractivity contribution in [3.8, 4) is 0 Å². The first-order valence-corrected chi connectivity index (χ1v) is 8.31. The maximum Gasteiger partial charge on any atom is 0.271 e. The number of amides is 1. The molecule has 21 heavy (non-hydrogen) atoms. The largest absolute Gasteiger partial charge is 0.346 e. The summed E-state index contributed by atoms with van der Waals surface area (Å²) in [5.41, 5.74) is 0.468. The van der Waals surface area contributed by atoms with Gasteiger partial charge in [0.15, 0.2) is 5.69 Å². The number of nitrogens with zero attached hydrogens (tertiary/aromatic N) is 3. The Hall–Kier alpha value is -1.24. The molecule has 0 saturated carbocycles. The van der Waals surface area contributed by atoms with Crippen molar-refractivity contribution >= 4 is 39.3 Å². The first-order valence-electron chi connectivity index (χ1n) is 7.16. The number of halogens is 1. The average molecular weight is 323 g/mol. The molecule has 0 aromatic carbocycles. The second kappa shape index (κ2) is 5.19. The van der Waals surface area contributed by atoms with E-state index in [2.05, 4.69) is 19.6 Å². The molecule has 3 fully saturated rings. The Morgan fingerprint density at radius 1 is 1.38 bits per heavy atom. The minimum absolute atomic E-state index is 0.0934. The highest BCUT2D eigenvalue weighted by atomic mass is 35.5. The Morgan fingerprint density at radius 3 is 2.90 bits per heavy atom. The predicted octanol–water partition coefficient (Wildman–Crippen LogP) is 2.17. The molecule has 2 bridgehead atoms. The van der Waals surface area contributed by atoms with Gasteiger partial charge in [-0.2, -0.15) is 4.37 Å². The van der Waals surface area contributed by atoms with Crippen molar-refractivity contribution in [1.29, 1.82) is 0 Å². The van der Waals surface area contributed by atoms with E-state index < -0.39 is 0 Å². The number of nitrogens with one attached hydrogen (secondary N) is 1. The minimum atomic E-state index is -0.0934. The van der Waals surface area contributed by atoms with Crippen molar-refractivity contribution in [1.82, 2.24) is 19.6 Å². The molecule has 3 aliphatic heterocycles. The maximum atomic E-state index is 12.5. The van der Waals surface area contributed by atoms with Gasteiger partial charge in [0.05, 0.1) is 0 Å². The van der Waals surface area contributed by atoms with Crippen LogP contribution in [0, 0.1) is 5.92 Å². The van der Waals surface area contributed by atoms with Crippen LogP contribution in [0.25, 0.3) is 10.2 Å². The molecule has 1 unspecified atom stereocenters. The van der Waals surface area contributed by atoms with E-state index in [0.717, 1.165) is 11.9 Å². The lowest BCUT2D eigenvalue weighted by molar-refractivity contribution is 0.0619. The van der Waals surface area contributed by atoms with Gasteiger partial charge < -0.3 is 10.2 Å². The lowest BCUT2D eigenvalue weighted by Crippen LogP contribution is -2.57. The number of hydrogen-bond acceptors (Lipinski definition) is 5.